The van der Waals surface area contributed by atoms with E-state index in [0.717, 1.165) is 25.9 Å². The van der Waals surface area contributed by atoms with Gasteiger partial charge in [0.05, 0.1) is 6.04 Å². The molecular formula is C13H28ClN3O. The highest BCUT2D eigenvalue weighted by molar-refractivity contribution is 5.85. The molecule has 0 radical (unpaired) electrons. The Kier molecular flexibility index (Phi) is 9.42. The Bertz CT molecular complexity index is 232. The quantitative estimate of drug-likeness (QED) is 0.739. The van der Waals surface area contributed by atoms with Crippen LogP contribution in [0.3, 0.4) is 0 Å². The van der Waals surface area contributed by atoms with E-state index in [0.29, 0.717) is 5.92 Å². The molecule has 4 nitrogen and oxygen atoms in total. The standard InChI is InChI=1S/C13H27N3O.ClH/c1-3-6-12(14)13(17)15-9-11(2)10-16-7-4-5-8-16;/h11-12H,3-10,14H2,1-2H3,(H,15,17);1H. The molecule has 0 aromatic rings. The van der Waals surface area contributed by atoms with Gasteiger partial charge in [-0.1, -0.05) is 20.3 Å². The number of halogens is 1. The minimum absolute atomic E-state index is 0. The maximum atomic E-state index is 11.6. The van der Waals surface area contributed by atoms with Crippen LogP contribution in [-0.2, 0) is 4.79 Å². The summed E-state index contributed by atoms with van der Waals surface area (Å²) in [6.45, 7) is 8.49. The number of carbonyl (C=O) groups excluding carboxylic acids is 1. The molecule has 1 saturated heterocycles. The number of hydrogen-bond donors (Lipinski definition) is 2. The fraction of sp³-hybridized carbons (Fsp3) is 0.923. The molecule has 3 N–H and O–H groups in total. The number of rotatable bonds is 7. The molecule has 1 amide bonds. The molecule has 1 heterocycles. The molecule has 0 aromatic carbocycles. The minimum atomic E-state index is -0.334. The fourth-order valence-electron chi connectivity index (χ4n) is 2.32. The van der Waals surface area contributed by atoms with Gasteiger partial charge in [-0.25, -0.2) is 0 Å². The van der Waals surface area contributed by atoms with E-state index in [1.807, 2.05) is 6.92 Å². The average Bonchev–Trinajstić information content (AvgIpc) is 2.79. The molecule has 0 spiro atoms. The number of amides is 1. The van der Waals surface area contributed by atoms with Crippen LogP contribution in [0.5, 0.6) is 0 Å². The lowest BCUT2D eigenvalue weighted by Crippen LogP contribution is -2.43. The SMILES string of the molecule is CCCC(N)C(=O)NCC(C)CN1CCCC1.Cl. The van der Waals surface area contributed by atoms with Gasteiger partial charge < -0.3 is 16.0 Å². The Morgan fingerprint density at radius 2 is 2.00 bits per heavy atom. The summed E-state index contributed by atoms with van der Waals surface area (Å²) in [6, 6.07) is -0.334. The number of carbonyl (C=O) groups is 1. The summed E-state index contributed by atoms with van der Waals surface area (Å²) in [7, 11) is 0. The predicted octanol–water partition coefficient (Wildman–Crippen LogP) is 1.38. The van der Waals surface area contributed by atoms with Gasteiger partial charge in [0, 0.05) is 13.1 Å². The second-order valence-electron chi connectivity index (χ2n) is 5.25. The van der Waals surface area contributed by atoms with Crippen molar-refractivity contribution in [2.75, 3.05) is 26.2 Å². The summed E-state index contributed by atoms with van der Waals surface area (Å²) in [5.74, 6) is 0.506. The number of hydrogen-bond acceptors (Lipinski definition) is 3. The second-order valence-corrected chi connectivity index (χ2v) is 5.25. The highest BCUT2D eigenvalue weighted by Gasteiger charge is 2.16. The van der Waals surface area contributed by atoms with Crippen molar-refractivity contribution < 1.29 is 4.79 Å². The van der Waals surface area contributed by atoms with E-state index in [-0.39, 0.29) is 24.4 Å². The third kappa shape index (κ3) is 6.57. The van der Waals surface area contributed by atoms with E-state index in [4.69, 9.17) is 5.73 Å². The molecule has 0 aromatic heterocycles. The Balaban J connectivity index is 0.00000289. The van der Waals surface area contributed by atoms with Gasteiger partial charge in [-0.15, -0.1) is 12.4 Å². The normalized spacial score (nSPS) is 19.1. The van der Waals surface area contributed by atoms with Crippen molar-refractivity contribution in [2.45, 2.75) is 45.6 Å². The highest BCUT2D eigenvalue weighted by atomic mass is 35.5. The first-order chi connectivity index (χ1) is 8.13. The lowest BCUT2D eigenvalue weighted by atomic mass is 10.1. The molecule has 0 bridgehead atoms. The molecular weight excluding hydrogens is 250 g/mol. The third-order valence-electron chi connectivity index (χ3n) is 3.33. The summed E-state index contributed by atoms with van der Waals surface area (Å²) in [6.07, 6.45) is 4.37. The van der Waals surface area contributed by atoms with Crippen LogP contribution >= 0.6 is 12.4 Å². The summed E-state index contributed by atoms with van der Waals surface area (Å²) in [4.78, 5) is 14.1. The van der Waals surface area contributed by atoms with Gasteiger partial charge in [0.25, 0.3) is 0 Å². The lowest BCUT2D eigenvalue weighted by Gasteiger charge is -2.21. The monoisotopic (exact) mass is 277 g/mol. The molecule has 0 saturated carbocycles. The zero-order valence-corrected chi connectivity index (χ0v) is 12.5. The predicted molar refractivity (Wildman–Crippen MR) is 78.0 cm³/mol. The zero-order chi connectivity index (χ0) is 12.7. The lowest BCUT2D eigenvalue weighted by molar-refractivity contribution is -0.122. The van der Waals surface area contributed by atoms with E-state index in [1.54, 1.807) is 0 Å². The summed E-state index contributed by atoms with van der Waals surface area (Å²) >= 11 is 0. The van der Waals surface area contributed by atoms with Crippen LogP contribution < -0.4 is 11.1 Å². The first-order valence-electron chi connectivity index (χ1n) is 6.89. The second kappa shape index (κ2) is 9.59. The van der Waals surface area contributed by atoms with Crippen molar-refractivity contribution in [3.05, 3.63) is 0 Å². The van der Waals surface area contributed by atoms with Crippen molar-refractivity contribution in [3.8, 4) is 0 Å². The number of likely N-dealkylation sites (tertiary alicyclic amines) is 1. The molecule has 0 aliphatic carbocycles. The van der Waals surface area contributed by atoms with Gasteiger partial charge in [-0.3, -0.25) is 4.79 Å². The Morgan fingerprint density at radius 1 is 1.39 bits per heavy atom. The fourth-order valence-corrected chi connectivity index (χ4v) is 2.32. The highest BCUT2D eigenvalue weighted by Crippen LogP contribution is 2.09. The molecule has 1 fully saturated rings. The van der Waals surface area contributed by atoms with Gasteiger partial charge in [-0.2, -0.15) is 0 Å². The minimum Gasteiger partial charge on any atom is -0.354 e. The Hall–Kier alpha value is -0.320. The van der Waals surface area contributed by atoms with Crippen molar-refractivity contribution in [3.63, 3.8) is 0 Å². The van der Waals surface area contributed by atoms with E-state index in [9.17, 15) is 4.79 Å². The van der Waals surface area contributed by atoms with Crippen LogP contribution in [-0.4, -0.2) is 43.0 Å². The number of nitrogens with zero attached hydrogens (tertiary/aromatic N) is 1. The van der Waals surface area contributed by atoms with E-state index < -0.39 is 0 Å². The van der Waals surface area contributed by atoms with E-state index >= 15 is 0 Å². The van der Waals surface area contributed by atoms with Crippen LogP contribution in [0.2, 0.25) is 0 Å². The largest absolute Gasteiger partial charge is 0.354 e. The maximum Gasteiger partial charge on any atom is 0.236 e. The van der Waals surface area contributed by atoms with E-state index in [1.165, 1.54) is 25.9 Å². The summed E-state index contributed by atoms with van der Waals surface area (Å²) < 4.78 is 0. The van der Waals surface area contributed by atoms with Crippen molar-refractivity contribution in [1.29, 1.82) is 0 Å². The average molecular weight is 278 g/mol. The van der Waals surface area contributed by atoms with E-state index in [2.05, 4.69) is 17.1 Å². The summed E-state index contributed by atoms with van der Waals surface area (Å²) in [5, 5.41) is 2.95. The molecule has 1 aliphatic rings. The van der Waals surface area contributed by atoms with Crippen LogP contribution in [0.4, 0.5) is 0 Å². The van der Waals surface area contributed by atoms with Crippen LogP contribution in [0, 0.1) is 5.92 Å². The van der Waals surface area contributed by atoms with Gasteiger partial charge in [-0.05, 0) is 38.3 Å². The van der Waals surface area contributed by atoms with Crippen LogP contribution in [0.25, 0.3) is 0 Å². The maximum absolute atomic E-state index is 11.6. The molecule has 1 rings (SSSR count). The Morgan fingerprint density at radius 3 is 2.56 bits per heavy atom. The zero-order valence-electron chi connectivity index (χ0n) is 11.7. The number of nitrogens with two attached hydrogens (primary N) is 1. The van der Waals surface area contributed by atoms with Crippen LogP contribution in [0.1, 0.15) is 39.5 Å². The first kappa shape index (κ1) is 17.7. The molecule has 1 aliphatic heterocycles. The molecule has 2 unspecified atom stereocenters. The number of nitrogens with one attached hydrogen (secondary N) is 1. The smallest absolute Gasteiger partial charge is 0.236 e. The van der Waals surface area contributed by atoms with Gasteiger partial charge in [0.2, 0.25) is 5.91 Å². The van der Waals surface area contributed by atoms with Crippen molar-refractivity contribution in [1.82, 2.24) is 10.2 Å². The van der Waals surface area contributed by atoms with Gasteiger partial charge in [0.15, 0.2) is 0 Å². The Labute approximate surface area is 117 Å². The topological polar surface area (TPSA) is 58.4 Å². The van der Waals surface area contributed by atoms with Crippen LogP contribution in [0.15, 0.2) is 0 Å². The molecule has 2 atom stereocenters. The molecule has 5 heteroatoms. The van der Waals surface area contributed by atoms with Gasteiger partial charge >= 0.3 is 0 Å². The first-order valence-corrected chi connectivity index (χ1v) is 6.89. The molecule has 18 heavy (non-hydrogen) atoms. The van der Waals surface area contributed by atoms with Gasteiger partial charge in [0.1, 0.15) is 0 Å². The summed E-state index contributed by atoms with van der Waals surface area (Å²) in [5.41, 5.74) is 5.76. The molecule has 108 valence electrons. The van der Waals surface area contributed by atoms with Crippen molar-refractivity contribution >= 4 is 18.3 Å². The third-order valence-corrected chi connectivity index (χ3v) is 3.33. The van der Waals surface area contributed by atoms with Crippen molar-refractivity contribution in [2.24, 2.45) is 11.7 Å².